The standard InChI is InChI=1S/C22H28O2SSi2/c1-17-12-14-19(15-13-17)25(23,24)22-20-11-9-7-8-10-18(20)16-21(22)27(5,6)26(2,3)4/h7-16H,1-6H3. The molecule has 0 aliphatic heterocycles. The lowest BCUT2D eigenvalue weighted by Crippen LogP contribution is -2.61. The molecule has 0 spiro atoms. The minimum atomic E-state index is -3.59. The molecule has 2 aliphatic carbocycles. The van der Waals surface area contributed by atoms with Crippen molar-refractivity contribution in [2.45, 2.75) is 49.4 Å². The summed E-state index contributed by atoms with van der Waals surface area (Å²) in [4.78, 5) is 0.922. The molecule has 0 saturated heterocycles. The molecule has 5 heteroatoms. The van der Waals surface area contributed by atoms with Gasteiger partial charge in [0.15, 0.2) is 0 Å². The molecule has 0 aromatic heterocycles. The highest BCUT2D eigenvalue weighted by Gasteiger charge is 2.43. The maximum atomic E-state index is 13.8. The van der Waals surface area contributed by atoms with Crippen molar-refractivity contribution >= 4 is 30.2 Å². The Kier molecular flexibility index (Phi) is 4.99. The van der Waals surface area contributed by atoms with Crippen LogP contribution in [0, 0.1) is 6.92 Å². The molecule has 0 bridgehead atoms. The minimum Gasteiger partial charge on any atom is -0.218 e. The molecule has 0 atom stereocenters. The van der Waals surface area contributed by atoms with Gasteiger partial charge in [-0.05, 0) is 29.8 Å². The summed E-state index contributed by atoms with van der Waals surface area (Å²) in [6.45, 7) is 13.7. The van der Waals surface area contributed by atoms with E-state index in [1.807, 2.05) is 49.4 Å². The van der Waals surface area contributed by atoms with Crippen molar-refractivity contribution < 1.29 is 8.42 Å². The summed E-state index contributed by atoms with van der Waals surface area (Å²) < 4.78 is 27.5. The summed E-state index contributed by atoms with van der Waals surface area (Å²) in [7, 11) is -7.07. The van der Waals surface area contributed by atoms with Crippen molar-refractivity contribution in [2.24, 2.45) is 0 Å². The quantitative estimate of drug-likeness (QED) is 0.547. The van der Waals surface area contributed by atoms with Gasteiger partial charge in [-0.2, -0.15) is 0 Å². The fourth-order valence-electron chi connectivity index (χ4n) is 3.25. The van der Waals surface area contributed by atoms with Gasteiger partial charge in [0, 0.05) is 13.2 Å². The lowest BCUT2D eigenvalue weighted by molar-refractivity contribution is 0.597. The molecule has 0 heterocycles. The first kappa shape index (κ1) is 20.0. The topological polar surface area (TPSA) is 34.1 Å². The summed E-state index contributed by atoms with van der Waals surface area (Å²) in [5, 5.41) is 1.09. The Hall–Kier alpha value is -1.70. The van der Waals surface area contributed by atoms with Crippen LogP contribution in [0.1, 0.15) is 5.56 Å². The van der Waals surface area contributed by atoms with Crippen LogP contribution in [0.4, 0.5) is 0 Å². The molecule has 2 aliphatic rings. The molecule has 0 fully saturated rings. The van der Waals surface area contributed by atoms with Crippen LogP contribution in [-0.4, -0.2) is 23.6 Å². The number of benzene rings is 1. The van der Waals surface area contributed by atoms with Gasteiger partial charge >= 0.3 is 0 Å². The van der Waals surface area contributed by atoms with Crippen LogP contribution in [0.5, 0.6) is 0 Å². The second kappa shape index (κ2) is 6.72. The highest BCUT2D eigenvalue weighted by Crippen LogP contribution is 2.36. The van der Waals surface area contributed by atoms with E-state index in [2.05, 4.69) is 38.8 Å². The Morgan fingerprint density at radius 3 is 1.96 bits per heavy atom. The van der Waals surface area contributed by atoms with Crippen molar-refractivity contribution in [1.82, 2.24) is 0 Å². The Bertz CT molecular complexity index is 1050. The lowest BCUT2D eigenvalue weighted by atomic mass is 10.2. The SMILES string of the molecule is Cc1ccc(S(=O)(=O)c2c3cccccc-3cc2[Si](C)(C)[Si](C)(C)C)cc1. The smallest absolute Gasteiger partial charge is 0.207 e. The van der Waals surface area contributed by atoms with E-state index in [0.29, 0.717) is 9.79 Å². The van der Waals surface area contributed by atoms with Crippen molar-refractivity contribution in [3.05, 3.63) is 66.2 Å². The van der Waals surface area contributed by atoms with Gasteiger partial charge in [-0.1, -0.05) is 86.8 Å². The lowest BCUT2D eigenvalue weighted by Gasteiger charge is -2.36. The molecule has 3 rings (SSSR count). The molecule has 142 valence electrons. The third-order valence-electron chi connectivity index (χ3n) is 6.01. The van der Waals surface area contributed by atoms with Crippen LogP contribution in [0.15, 0.2) is 70.5 Å². The summed E-state index contributed by atoms with van der Waals surface area (Å²) in [5.74, 6) is 0. The highest BCUT2D eigenvalue weighted by atomic mass is 32.2. The maximum absolute atomic E-state index is 13.8. The number of hydrogen-bond donors (Lipinski definition) is 0. The normalized spacial score (nSPS) is 13.1. The molecule has 0 amide bonds. The predicted octanol–water partition coefficient (Wildman–Crippen LogP) is 5.26. The van der Waals surface area contributed by atoms with Crippen molar-refractivity contribution in [1.29, 1.82) is 0 Å². The second-order valence-corrected chi connectivity index (χ2v) is 27.3. The van der Waals surface area contributed by atoms with Gasteiger partial charge in [-0.25, -0.2) is 8.42 Å². The van der Waals surface area contributed by atoms with Gasteiger partial charge in [-0.15, -0.1) is 0 Å². The van der Waals surface area contributed by atoms with Crippen LogP contribution < -0.4 is 5.19 Å². The number of aryl methyl sites for hydroxylation is 1. The number of fused-ring (bicyclic) bond motifs is 1. The van der Waals surface area contributed by atoms with Crippen LogP contribution in [0.3, 0.4) is 0 Å². The largest absolute Gasteiger partial charge is 0.218 e. The molecule has 1 aromatic carbocycles. The Balaban J connectivity index is 2.39. The first-order valence-corrected chi connectivity index (χ1v) is 18.3. The van der Waals surface area contributed by atoms with E-state index in [4.69, 9.17) is 0 Å². The molecule has 1 aromatic rings. The van der Waals surface area contributed by atoms with E-state index in [1.165, 1.54) is 0 Å². The molecular weight excluding hydrogens is 384 g/mol. The van der Waals surface area contributed by atoms with Crippen molar-refractivity contribution in [2.75, 3.05) is 0 Å². The van der Waals surface area contributed by atoms with E-state index >= 15 is 0 Å². The van der Waals surface area contributed by atoms with E-state index in [9.17, 15) is 8.42 Å². The fourth-order valence-corrected chi connectivity index (χ4v) is 11.3. The van der Waals surface area contributed by atoms with Crippen LogP contribution >= 0.6 is 0 Å². The van der Waals surface area contributed by atoms with Crippen LogP contribution in [0.25, 0.3) is 11.1 Å². The Labute approximate surface area is 165 Å². The van der Waals surface area contributed by atoms with Gasteiger partial charge in [0.1, 0.15) is 0 Å². The molecule has 27 heavy (non-hydrogen) atoms. The fraction of sp³-hybridized carbons (Fsp3) is 0.273. The summed E-state index contributed by atoms with van der Waals surface area (Å²) >= 11 is 0. The minimum absolute atomic E-state index is 0.383. The molecule has 2 nitrogen and oxygen atoms in total. The van der Waals surface area contributed by atoms with Gasteiger partial charge in [0.25, 0.3) is 0 Å². The molecule has 0 unspecified atom stereocenters. The third-order valence-corrected chi connectivity index (χ3v) is 25.6. The van der Waals surface area contributed by atoms with E-state index in [1.54, 1.807) is 12.1 Å². The zero-order valence-electron chi connectivity index (χ0n) is 17.0. The number of rotatable bonds is 4. The zero-order valence-corrected chi connectivity index (χ0v) is 19.8. The van der Waals surface area contributed by atoms with Crippen LogP contribution in [-0.2, 0) is 9.84 Å². The maximum Gasteiger partial charge on any atom is 0.207 e. The van der Waals surface area contributed by atoms with Gasteiger partial charge in [0.05, 0.1) is 17.4 Å². The molecule has 0 saturated carbocycles. The monoisotopic (exact) mass is 412 g/mol. The first-order valence-electron chi connectivity index (χ1n) is 9.30. The number of sulfone groups is 1. The molecule has 0 N–H and O–H groups in total. The van der Waals surface area contributed by atoms with Crippen LogP contribution in [0.2, 0.25) is 32.7 Å². The van der Waals surface area contributed by atoms with Gasteiger partial charge in [0.2, 0.25) is 9.84 Å². The zero-order chi connectivity index (χ0) is 20.0. The third kappa shape index (κ3) is 3.44. The van der Waals surface area contributed by atoms with E-state index in [0.717, 1.165) is 21.9 Å². The highest BCUT2D eigenvalue weighted by molar-refractivity contribution is 7.92. The Morgan fingerprint density at radius 1 is 0.778 bits per heavy atom. The second-order valence-electron chi connectivity index (χ2n) is 8.86. The average Bonchev–Trinajstić information content (AvgIpc) is 2.80. The average molecular weight is 413 g/mol. The van der Waals surface area contributed by atoms with Gasteiger partial charge in [-0.3, -0.25) is 0 Å². The van der Waals surface area contributed by atoms with Crippen molar-refractivity contribution in [3.63, 3.8) is 0 Å². The number of hydrogen-bond acceptors (Lipinski definition) is 2. The summed E-state index contributed by atoms with van der Waals surface area (Å²) in [6, 6.07) is 19.2. The Morgan fingerprint density at radius 2 is 1.37 bits per heavy atom. The summed E-state index contributed by atoms with van der Waals surface area (Å²) in [5.41, 5.74) is 2.92. The molecular formula is C22H28O2SSi2. The predicted molar refractivity (Wildman–Crippen MR) is 120 cm³/mol. The summed E-state index contributed by atoms with van der Waals surface area (Å²) in [6.07, 6.45) is 0. The van der Waals surface area contributed by atoms with E-state index < -0.39 is 25.0 Å². The van der Waals surface area contributed by atoms with E-state index in [-0.39, 0.29) is 0 Å². The van der Waals surface area contributed by atoms with Gasteiger partial charge < -0.3 is 0 Å². The molecule has 0 radical (unpaired) electrons. The van der Waals surface area contributed by atoms with Crippen molar-refractivity contribution in [3.8, 4) is 11.1 Å². The first-order chi connectivity index (χ1) is 12.5.